The maximum absolute atomic E-state index is 13.0. The molecule has 0 fully saturated rings. The third-order valence-electron chi connectivity index (χ3n) is 4.41. The SMILES string of the molecule is CCC1=CC[C@@H](c2ccccc2)[C@@H]1C(=O)c1ccccc1. The number of ketones is 1. The van der Waals surface area contributed by atoms with Crippen LogP contribution < -0.4 is 0 Å². The zero-order valence-electron chi connectivity index (χ0n) is 12.3. The van der Waals surface area contributed by atoms with E-state index in [1.807, 2.05) is 36.4 Å². The molecule has 2 aromatic rings. The van der Waals surface area contributed by atoms with Crippen LogP contribution in [0, 0.1) is 5.92 Å². The van der Waals surface area contributed by atoms with Crippen molar-refractivity contribution in [1.29, 1.82) is 0 Å². The Balaban J connectivity index is 1.95. The molecule has 0 spiro atoms. The van der Waals surface area contributed by atoms with E-state index >= 15 is 0 Å². The summed E-state index contributed by atoms with van der Waals surface area (Å²) >= 11 is 0. The van der Waals surface area contributed by atoms with Gasteiger partial charge in [0.15, 0.2) is 5.78 Å². The highest BCUT2D eigenvalue weighted by atomic mass is 16.1. The molecule has 0 aromatic heterocycles. The van der Waals surface area contributed by atoms with Crippen molar-refractivity contribution in [3.05, 3.63) is 83.4 Å². The Bertz CT molecular complexity index is 640. The van der Waals surface area contributed by atoms with E-state index in [-0.39, 0.29) is 17.6 Å². The first kappa shape index (κ1) is 13.8. The third-order valence-corrected chi connectivity index (χ3v) is 4.41. The zero-order valence-corrected chi connectivity index (χ0v) is 12.3. The summed E-state index contributed by atoms with van der Waals surface area (Å²) in [5, 5.41) is 0. The average Bonchev–Trinajstić information content (AvgIpc) is 2.99. The van der Waals surface area contributed by atoms with E-state index in [4.69, 9.17) is 0 Å². The molecule has 0 aliphatic heterocycles. The molecule has 3 rings (SSSR count). The number of Topliss-reactive ketones (excluding diaryl/α,β-unsaturated/α-hetero) is 1. The van der Waals surface area contributed by atoms with Gasteiger partial charge in [0.2, 0.25) is 0 Å². The second kappa shape index (κ2) is 6.09. The molecule has 0 saturated heterocycles. The summed E-state index contributed by atoms with van der Waals surface area (Å²) in [6.45, 7) is 2.14. The van der Waals surface area contributed by atoms with E-state index in [0.717, 1.165) is 18.4 Å². The fourth-order valence-electron chi connectivity index (χ4n) is 3.33. The van der Waals surface area contributed by atoms with E-state index in [0.29, 0.717) is 0 Å². The fraction of sp³-hybridized carbons (Fsp3) is 0.250. The lowest BCUT2D eigenvalue weighted by Gasteiger charge is -2.22. The second-order valence-corrected chi connectivity index (χ2v) is 5.59. The maximum Gasteiger partial charge on any atom is 0.170 e. The smallest absolute Gasteiger partial charge is 0.170 e. The van der Waals surface area contributed by atoms with E-state index in [2.05, 4.69) is 37.3 Å². The summed E-state index contributed by atoms with van der Waals surface area (Å²) < 4.78 is 0. The first-order valence-electron chi connectivity index (χ1n) is 7.64. The zero-order chi connectivity index (χ0) is 14.7. The van der Waals surface area contributed by atoms with Crippen LogP contribution in [0.3, 0.4) is 0 Å². The van der Waals surface area contributed by atoms with Gasteiger partial charge in [-0.2, -0.15) is 0 Å². The molecule has 1 nitrogen and oxygen atoms in total. The van der Waals surface area contributed by atoms with Gasteiger partial charge in [0.1, 0.15) is 0 Å². The summed E-state index contributed by atoms with van der Waals surface area (Å²) in [5.74, 6) is 0.545. The van der Waals surface area contributed by atoms with Crippen LogP contribution in [-0.2, 0) is 0 Å². The lowest BCUT2D eigenvalue weighted by atomic mass is 9.80. The molecular weight excluding hydrogens is 256 g/mol. The Morgan fingerprint density at radius 3 is 2.24 bits per heavy atom. The van der Waals surface area contributed by atoms with Crippen LogP contribution in [0.5, 0.6) is 0 Å². The lowest BCUT2D eigenvalue weighted by molar-refractivity contribution is 0.0927. The summed E-state index contributed by atoms with van der Waals surface area (Å²) in [6, 6.07) is 20.1. The van der Waals surface area contributed by atoms with Crippen LogP contribution in [0.15, 0.2) is 72.3 Å². The van der Waals surface area contributed by atoms with Gasteiger partial charge in [-0.25, -0.2) is 0 Å². The van der Waals surface area contributed by atoms with Crippen LogP contribution in [0.25, 0.3) is 0 Å². The Labute approximate surface area is 126 Å². The number of rotatable bonds is 4. The number of benzene rings is 2. The molecular formula is C20H20O. The number of hydrogen-bond acceptors (Lipinski definition) is 1. The lowest BCUT2D eigenvalue weighted by Crippen LogP contribution is -2.21. The highest BCUT2D eigenvalue weighted by molar-refractivity contribution is 6.00. The monoisotopic (exact) mass is 276 g/mol. The summed E-state index contributed by atoms with van der Waals surface area (Å²) in [4.78, 5) is 13.0. The van der Waals surface area contributed by atoms with Crippen molar-refractivity contribution >= 4 is 5.78 Å². The average molecular weight is 276 g/mol. The van der Waals surface area contributed by atoms with Crippen LogP contribution in [0.1, 0.15) is 41.6 Å². The molecule has 2 atom stereocenters. The normalized spacial score (nSPS) is 21.1. The van der Waals surface area contributed by atoms with Gasteiger partial charge < -0.3 is 0 Å². The standard InChI is InChI=1S/C20H20O/c1-2-15-13-14-18(16-9-5-3-6-10-16)19(15)20(21)17-11-7-4-8-12-17/h3-13,18-19H,2,14H2,1H3/t18-,19+/m0/s1. The molecule has 0 radical (unpaired) electrons. The molecule has 1 aliphatic rings. The predicted octanol–water partition coefficient (Wildman–Crippen LogP) is 5.01. The molecule has 1 aliphatic carbocycles. The van der Waals surface area contributed by atoms with Gasteiger partial charge in [0.25, 0.3) is 0 Å². The van der Waals surface area contributed by atoms with Gasteiger partial charge in [-0.3, -0.25) is 4.79 Å². The van der Waals surface area contributed by atoms with E-state index in [9.17, 15) is 4.79 Å². The number of carbonyl (C=O) groups excluding carboxylic acids is 1. The highest BCUT2D eigenvalue weighted by Crippen LogP contribution is 2.42. The van der Waals surface area contributed by atoms with Gasteiger partial charge in [0.05, 0.1) is 5.92 Å². The van der Waals surface area contributed by atoms with E-state index < -0.39 is 0 Å². The molecule has 2 aromatic carbocycles. The predicted molar refractivity (Wildman–Crippen MR) is 86.4 cm³/mol. The fourth-order valence-corrected chi connectivity index (χ4v) is 3.33. The van der Waals surface area contributed by atoms with Crippen molar-refractivity contribution in [3.63, 3.8) is 0 Å². The van der Waals surface area contributed by atoms with Crippen LogP contribution in [0.2, 0.25) is 0 Å². The van der Waals surface area contributed by atoms with Crippen molar-refractivity contribution in [1.82, 2.24) is 0 Å². The van der Waals surface area contributed by atoms with Crippen molar-refractivity contribution in [3.8, 4) is 0 Å². The molecule has 106 valence electrons. The van der Waals surface area contributed by atoms with Crippen molar-refractivity contribution < 1.29 is 4.79 Å². The van der Waals surface area contributed by atoms with Crippen LogP contribution >= 0.6 is 0 Å². The molecule has 0 N–H and O–H groups in total. The molecule has 0 unspecified atom stereocenters. The van der Waals surface area contributed by atoms with Gasteiger partial charge in [-0.1, -0.05) is 79.2 Å². The quantitative estimate of drug-likeness (QED) is 0.566. The van der Waals surface area contributed by atoms with Gasteiger partial charge in [-0.05, 0) is 18.4 Å². The summed E-state index contributed by atoms with van der Waals surface area (Å²) in [6.07, 6.45) is 4.19. The first-order valence-corrected chi connectivity index (χ1v) is 7.64. The van der Waals surface area contributed by atoms with Gasteiger partial charge >= 0.3 is 0 Å². The molecule has 0 amide bonds. The van der Waals surface area contributed by atoms with Crippen LogP contribution in [-0.4, -0.2) is 5.78 Å². The molecule has 0 bridgehead atoms. The van der Waals surface area contributed by atoms with Gasteiger partial charge in [-0.15, -0.1) is 0 Å². The number of allylic oxidation sites excluding steroid dienone is 2. The van der Waals surface area contributed by atoms with Crippen molar-refractivity contribution in [2.24, 2.45) is 5.92 Å². The van der Waals surface area contributed by atoms with E-state index in [1.165, 1.54) is 11.1 Å². The summed E-state index contributed by atoms with van der Waals surface area (Å²) in [5.41, 5.74) is 3.38. The molecule has 0 heterocycles. The second-order valence-electron chi connectivity index (χ2n) is 5.59. The Hall–Kier alpha value is -2.15. The summed E-state index contributed by atoms with van der Waals surface area (Å²) in [7, 11) is 0. The Kier molecular flexibility index (Phi) is 4.01. The van der Waals surface area contributed by atoms with E-state index in [1.54, 1.807) is 0 Å². The minimum Gasteiger partial charge on any atom is -0.293 e. The molecule has 21 heavy (non-hydrogen) atoms. The Morgan fingerprint density at radius 2 is 1.62 bits per heavy atom. The van der Waals surface area contributed by atoms with Crippen LogP contribution in [0.4, 0.5) is 0 Å². The van der Waals surface area contributed by atoms with Crippen molar-refractivity contribution in [2.45, 2.75) is 25.7 Å². The minimum atomic E-state index is -0.000185. The highest BCUT2D eigenvalue weighted by Gasteiger charge is 2.35. The largest absolute Gasteiger partial charge is 0.293 e. The third kappa shape index (κ3) is 2.69. The minimum absolute atomic E-state index is 0.000185. The Morgan fingerprint density at radius 1 is 1.00 bits per heavy atom. The van der Waals surface area contributed by atoms with Crippen molar-refractivity contribution in [2.75, 3.05) is 0 Å². The number of hydrogen-bond donors (Lipinski definition) is 0. The van der Waals surface area contributed by atoms with Gasteiger partial charge in [0, 0.05) is 11.5 Å². The number of carbonyl (C=O) groups is 1. The molecule has 1 heteroatoms. The maximum atomic E-state index is 13.0. The first-order chi connectivity index (χ1) is 10.3. The topological polar surface area (TPSA) is 17.1 Å². The molecule has 0 saturated carbocycles.